The molecule has 0 aliphatic rings. The van der Waals surface area contributed by atoms with Gasteiger partial charge in [0.2, 0.25) is 0 Å². The van der Waals surface area contributed by atoms with Gasteiger partial charge in [0.1, 0.15) is 5.58 Å². The number of nitrogens with two attached hydrogens (primary N) is 2. The lowest BCUT2D eigenvalue weighted by molar-refractivity contribution is 0.611. The molecule has 3 heteroatoms. The highest BCUT2D eigenvalue weighted by Crippen LogP contribution is 2.22. The van der Waals surface area contributed by atoms with Crippen LogP contribution in [0, 0.1) is 0 Å². The minimum absolute atomic E-state index is 0.497. The monoisotopic (exact) mass is 162 g/mol. The molecule has 0 aliphatic carbocycles. The summed E-state index contributed by atoms with van der Waals surface area (Å²) in [6, 6.07) is 5.57. The molecule has 0 amide bonds. The Balaban J connectivity index is 2.73. The van der Waals surface area contributed by atoms with Gasteiger partial charge in [-0.3, -0.25) is 0 Å². The highest BCUT2D eigenvalue weighted by Gasteiger charge is 2.02. The number of anilines is 1. The lowest BCUT2D eigenvalue weighted by atomic mass is 10.1. The maximum Gasteiger partial charge on any atom is 0.136 e. The molecule has 2 aromatic rings. The van der Waals surface area contributed by atoms with Gasteiger partial charge in [0.15, 0.2) is 0 Å². The summed E-state index contributed by atoms with van der Waals surface area (Å²) in [6.45, 7) is 0.497. The van der Waals surface area contributed by atoms with Crippen molar-refractivity contribution >= 4 is 16.7 Å². The van der Waals surface area contributed by atoms with Crippen LogP contribution in [0.25, 0.3) is 11.0 Å². The van der Waals surface area contributed by atoms with Crippen LogP contribution in [0.4, 0.5) is 5.69 Å². The molecule has 0 spiro atoms. The van der Waals surface area contributed by atoms with Gasteiger partial charge in [-0.1, -0.05) is 0 Å². The SMILES string of the molecule is NCc1coc2cc(N)ccc12. The zero-order chi connectivity index (χ0) is 8.55. The van der Waals surface area contributed by atoms with E-state index in [2.05, 4.69) is 0 Å². The van der Waals surface area contributed by atoms with Crippen LogP contribution in [-0.2, 0) is 6.54 Å². The maximum atomic E-state index is 5.58. The molecule has 0 fully saturated rings. The summed E-state index contributed by atoms with van der Waals surface area (Å²) in [5.41, 5.74) is 13.6. The molecule has 0 bridgehead atoms. The molecule has 0 unspecified atom stereocenters. The van der Waals surface area contributed by atoms with Crippen LogP contribution in [-0.4, -0.2) is 0 Å². The Morgan fingerprint density at radius 2 is 2.17 bits per heavy atom. The van der Waals surface area contributed by atoms with E-state index in [1.807, 2.05) is 12.1 Å². The molecule has 62 valence electrons. The average Bonchev–Trinajstić information content (AvgIpc) is 2.46. The van der Waals surface area contributed by atoms with Crippen molar-refractivity contribution in [2.24, 2.45) is 5.73 Å². The zero-order valence-electron chi connectivity index (χ0n) is 6.58. The standard InChI is InChI=1S/C9H10N2O/c10-4-6-5-12-9-3-7(11)1-2-8(6)9/h1-3,5H,4,10-11H2. The predicted molar refractivity (Wildman–Crippen MR) is 48.5 cm³/mol. The van der Waals surface area contributed by atoms with E-state index in [0.29, 0.717) is 12.2 Å². The molecular formula is C9H10N2O. The molecule has 0 saturated heterocycles. The van der Waals surface area contributed by atoms with Gasteiger partial charge >= 0.3 is 0 Å². The number of fused-ring (bicyclic) bond motifs is 1. The summed E-state index contributed by atoms with van der Waals surface area (Å²) >= 11 is 0. The van der Waals surface area contributed by atoms with Crippen molar-refractivity contribution in [2.75, 3.05) is 5.73 Å². The van der Waals surface area contributed by atoms with Crippen LogP contribution in [0.1, 0.15) is 5.56 Å². The van der Waals surface area contributed by atoms with Crippen molar-refractivity contribution in [3.05, 3.63) is 30.0 Å². The highest BCUT2D eigenvalue weighted by atomic mass is 16.3. The molecule has 1 aromatic heterocycles. The molecule has 12 heavy (non-hydrogen) atoms. The molecule has 0 atom stereocenters. The third-order valence-electron chi connectivity index (χ3n) is 1.90. The van der Waals surface area contributed by atoms with Crippen molar-refractivity contribution in [3.8, 4) is 0 Å². The largest absolute Gasteiger partial charge is 0.464 e. The van der Waals surface area contributed by atoms with Crippen molar-refractivity contribution in [1.82, 2.24) is 0 Å². The summed E-state index contributed by atoms with van der Waals surface area (Å²) in [5, 5.41) is 1.05. The maximum absolute atomic E-state index is 5.58. The van der Waals surface area contributed by atoms with Crippen LogP contribution in [0.3, 0.4) is 0 Å². The number of furan rings is 1. The molecular weight excluding hydrogens is 152 g/mol. The van der Waals surface area contributed by atoms with Gasteiger partial charge in [0.25, 0.3) is 0 Å². The second kappa shape index (κ2) is 2.53. The molecule has 4 N–H and O–H groups in total. The van der Waals surface area contributed by atoms with E-state index < -0.39 is 0 Å². The molecule has 3 nitrogen and oxygen atoms in total. The minimum atomic E-state index is 0.497. The molecule has 0 saturated carbocycles. The van der Waals surface area contributed by atoms with Crippen LogP contribution in [0.15, 0.2) is 28.9 Å². The highest BCUT2D eigenvalue weighted by molar-refractivity contribution is 5.83. The molecule has 1 aromatic carbocycles. The van der Waals surface area contributed by atoms with Crippen LogP contribution >= 0.6 is 0 Å². The summed E-state index contributed by atoms with van der Waals surface area (Å²) < 4.78 is 5.26. The number of rotatable bonds is 1. The second-order valence-corrected chi connectivity index (χ2v) is 2.72. The van der Waals surface area contributed by atoms with Crippen molar-refractivity contribution in [1.29, 1.82) is 0 Å². The molecule has 2 rings (SSSR count). The first kappa shape index (κ1) is 7.18. The average molecular weight is 162 g/mol. The lowest BCUT2D eigenvalue weighted by Crippen LogP contribution is -1.94. The fourth-order valence-corrected chi connectivity index (χ4v) is 1.26. The van der Waals surface area contributed by atoms with E-state index in [1.165, 1.54) is 0 Å². The minimum Gasteiger partial charge on any atom is -0.464 e. The molecule has 0 aliphatic heterocycles. The van der Waals surface area contributed by atoms with Gasteiger partial charge in [0.05, 0.1) is 6.26 Å². The van der Waals surface area contributed by atoms with E-state index in [-0.39, 0.29) is 0 Å². The van der Waals surface area contributed by atoms with Gasteiger partial charge < -0.3 is 15.9 Å². The fourth-order valence-electron chi connectivity index (χ4n) is 1.26. The van der Waals surface area contributed by atoms with E-state index in [4.69, 9.17) is 15.9 Å². The van der Waals surface area contributed by atoms with Crippen molar-refractivity contribution in [3.63, 3.8) is 0 Å². The van der Waals surface area contributed by atoms with Crippen molar-refractivity contribution < 1.29 is 4.42 Å². The Hall–Kier alpha value is -1.48. The quantitative estimate of drug-likeness (QED) is 0.624. The Morgan fingerprint density at radius 3 is 2.92 bits per heavy atom. The van der Waals surface area contributed by atoms with Crippen LogP contribution in [0.5, 0.6) is 0 Å². The third-order valence-corrected chi connectivity index (χ3v) is 1.90. The van der Waals surface area contributed by atoms with E-state index in [1.54, 1.807) is 12.3 Å². The molecule has 1 heterocycles. The van der Waals surface area contributed by atoms with Gasteiger partial charge in [-0.15, -0.1) is 0 Å². The number of nitrogen functional groups attached to an aromatic ring is 1. The topological polar surface area (TPSA) is 65.2 Å². The lowest BCUT2D eigenvalue weighted by Gasteiger charge is -1.93. The Morgan fingerprint density at radius 1 is 1.33 bits per heavy atom. The van der Waals surface area contributed by atoms with Gasteiger partial charge in [-0.25, -0.2) is 0 Å². The summed E-state index contributed by atoms with van der Waals surface area (Å²) in [7, 11) is 0. The van der Waals surface area contributed by atoms with Crippen LogP contribution in [0.2, 0.25) is 0 Å². The number of benzene rings is 1. The Kier molecular flexibility index (Phi) is 1.52. The van der Waals surface area contributed by atoms with Gasteiger partial charge in [-0.2, -0.15) is 0 Å². The smallest absolute Gasteiger partial charge is 0.136 e. The first-order valence-corrected chi connectivity index (χ1v) is 3.77. The summed E-state index contributed by atoms with van der Waals surface area (Å²) in [5.74, 6) is 0. The molecule has 0 radical (unpaired) electrons. The van der Waals surface area contributed by atoms with E-state index >= 15 is 0 Å². The Bertz CT molecular complexity index is 406. The normalized spacial score (nSPS) is 10.8. The fraction of sp³-hybridized carbons (Fsp3) is 0.111. The van der Waals surface area contributed by atoms with Gasteiger partial charge in [0, 0.05) is 29.2 Å². The zero-order valence-corrected chi connectivity index (χ0v) is 6.58. The van der Waals surface area contributed by atoms with E-state index in [0.717, 1.165) is 16.5 Å². The van der Waals surface area contributed by atoms with Crippen molar-refractivity contribution in [2.45, 2.75) is 6.54 Å². The Labute approximate surface area is 70.0 Å². The number of hydrogen-bond donors (Lipinski definition) is 2. The first-order chi connectivity index (χ1) is 5.81. The van der Waals surface area contributed by atoms with Gasteiger partial charge in [-0.05, 0) is 12.1 Å². The van der Waals surface area contributed by atoms with E-state index in [9.17, 15) is 0 Å². The summed E-state index contributed by atoms with van der Waals surface area (Å²) in [6.07, 6.45) is 1.67. The second-order valence-electron chi connectivity index (χ2n) is 2.72. The first-order valence-electron chi connectivity index (χ1n) is 3.77. The van der Waals surface area contributed by atoms with Crippen LogP contribution < -0.4 is 11.5 Å². The predicted octanol–water partition coefficient (Wildman–Crippen LogP) is 1.47. The number of hydrogen-bond acceptors (Lipinski definition) is 3. The third kappa shape index (κ3) is 0.950. The summed E-state index contributed by atoms with van der Waals surface area (Å²) in [4.78, 5) is 0.